The Labute approximate surface area is 108 Å². The highest BCUT2D eigenvalue weighted by Gasteiger charge is 2.42. The van der Waals surface area contributed by atoms with Crippen molar-refractivity contribution >= 4 is 5.91 Å². The summed E-state index contributed by atoms with van der Waals surface area (Å²) in [5, 5.41) is 2.97. The number of ether oxygens (including phenoxy) is 1. The van der Waals surface area contributed by atoms with Crippen molar-refractivity contribution in [2.24, 2.45) is 11.1 Å². The second-order valence-corrected chi connectivity index (χ2v) is 4.87. The van der Waals surface area contributed by atoms with Crippen molar-refractivity contribution < 1.29 is 9.53 Å². The highest BCUT2D eigenvalue weighted by Crippen LogP contribution is 2.40. The average molecular weight is 248 g/mol. The molecule has 4 nitrogen and oxygen atoms in total. The molecule has 0 heterocycles. The molecule has 1 saturated carbocycles. The number of benzene rings is 1. The van der Waals surface area contributed by atoms with E-state index in [-0.39, 0.29) is 11.3 Å². The fourth-order valence-corrected chi connectivity index (χ4v) is 2.24. The summed E-state index contributed by atoms with van der Waals surface area (Å²) in [6, 6.07) is 7.69. The van der Waals surface area contributed by atoms with Crippen LogP contribution < -0.4 is 15.8 Å². The molecular formula is C14H20N2O2. The Morgan fingerprint density at radius 3 is 2.50 bits per heavy atom. The molecule has 2 rings (SSSR count). The summed E-state index contributed by atoms with van der Waals surface area (Å²) in [6.45, 7) is 0.992. The van der Waals surface area contributed by atoms with Crippen LogP contribution in [-0.2, 0) is 11.3 Å². The first kappa shape index (κ1) is 12.9. The molecule has 1 aromatic rings. The maximum Gasteiger partial charge on any atom is 0.227 e. The number of hydrogen-bond donors (Lipinski definition) is 2. The quantitative estimate of drug-likeness (QED) is 0.828. The van der Waals surface area contributed by atoms with E-state index in [2.05, 4.69) is 5.32 Å². The number of methoxy groups -OCH3 is 1. The van der Waals surface area contributed by atoms with Gasteiger partial charge in [-0.3, -0.25) is 4.79 Å². The number of nitrogens with one attached hydrogen (secondary N) is 1. The van der Waals surface area contributed by atoms with Gasteiger partial charge in [-0.1, -0.05) is 18.6 Å². The van der Waals surface area contributed by atoms with Crippen molar-refractivity contribution in [2.75, 3.05) is 13.7 Å². The van der Waals surface area contributed by atoms with E-state index in [0.717, 1.165) is 30.6 Å². The second-order valence-electron chi connectivity index (χ2n) is 4.87. The molecule has 0 saturated heterocycles. The molecule has 0 atom stereocenters. The highest BCUT2D eigenvalue weighted by molar-refractivity contribution is 5.83. The lowest BCUT2D eigenvalue weighted by atomic mass is 9.68. The average Bonchev–Trinajstić information content (AvgIpc) is 2.36. The van der Waals surface area contributed by atoms with Gasteiger partial charge in [0.2, 0.25) is 5.91 Å². The lowest BCUT2D eigenvalue weighted by Gasteiger charge is -2.39. The van der Waals surface area contributed by atoms with E-state index < -0.39 is 0 Å². The molecule has 98 valence electrons. The van der Waals surface area contributed by atoms with Gasteiger partial charge >= 0.3 is 0 Å². The first-order chi connectivity index (χ1) is 8.70. The third kappa shape index (κ3) is 2.48. The van der Waals surface area contributed by atoms with E-state index in [0.29, 0.717) is 13.1 Å². The van der Waals surface area contributed by atoms with E-state index in [1.54, 1.807) is 7.11 Å². The van der Waals surface area contributed by atoms with Crippen molar-refractivity contribution in [2.45, 2.75) is 25.8 Å². The number of carbonyl (C=O) groups excluding carboxylic acids is 1. The van der Waals surface area contributed by atoms with Gasteiger partial charge in [0.15, 0.2) is 0 Å². The minimum atomic E-state index is -0.299. The third-order valence-electron chi connectivity index (χ3n) is 3.80. The van der Waals surface area contributed by atoms with Crippen LogP contribution in [0.5, 0.6) is 5.75 Å². The first-order valence-corrected chi connectivity index (χ1v) is 6.31. The molecule has 1 amide bonds. The van der Waals surface area contributed by atoms with E-state index >= 15 is 0 Å². The van der Waals surface area contributed by atoms with Gasteiger partial charge in [0, 0.05) is 13.1 Å². The van der Waals surface area contributed by atoms with Gasteiger partial charge in [-0.05, 0) is 30.5 Å². The molecule has 18 heavy (non-hydrogen) atoms. The zero-order chi connectivity index (χ0) is 13.0. The van der Waals surface area contributed by atoms with Crippen molar-refractivity contribution in [3.05, 3.63) is 29.8 Å². The van der Waals surface area contributed by atoms with Crippen molar-refractivity contribution in [1.29, 1.82) is 0 Å². The van der Waals surface area contributed by atoms with E-state index in [1.165, 1.54) is 0 Å². The summed E-state index contributed by atoms with van der Waals surface area (Å²) in [4.78, 5) is 12.1. The Kier molecular flexibility index (Phi) is 3.87. The highest BCUT2D eigenvalue weighted by atomic mass is 16.5. The van der Waals surface area contributed by atoms with Crippen LogP contribution in [-0.4, -0.2) is 19.6 Å². The number of rotatable bonds is 5. The standard InChI is InChI=1S/C14H20N2O2/c1-18-12-5-3-11(4-6-12)9-16-13(17)14(10-15)7-2-8-14/h3-6H,2,7-10,15H2,1H3,(H,16,17). The number of amides is 1. The minimum absolute atomic E-state index is 0.0899. The summed E-state index contributed by atoms with van der Waals surface area (Å²) in [6.07, 6.45) is 2.93. The van der Waals surface area contributed by atoms with Crippen molar-refractivity contribution in [3.63, 3.8) is 0 Å². The van der Waals surface area contributed by atoms with Gasteiger partial charge < -0.3 is 15.8 Å². The number of nitrogens with two attached hydrogens (primary N) is 1. The normalized spacial score (nSPS) is 16.8. The van der Waals surface area contributed by atoms with Crippen LogP contribution in [0.2, 0.25) is 0 Å². The molecule has 4 heteroatoms. The Morgan fingerprint density at radius 1 is 1.39 bits per heavy atom. The predicted molar refractivity (Wildman–Crippen MR) is 70.2 cm³/mol. The molecule has 0 aromatic heterocycles. The SMILES string of the molecule is COc1ccc(CNC(=O)C2(CN)CCC2)cc1. The topological polar surface area (TPSA) is 64.3 Å². The zero-order valence-electron chi connectivity index (χ0n) is 10.7. The molecule has 3 N–H and O–H groups in total. The van der Waals surface area contributed by atoms with Crippen LogP contribution in [0.25, 0.3) is 0 Å². The van der Waals surface area contributed by atoms with Gasteiger partial charge in [0.05, 0.1) is 12.5 Å². The summed E-state index contributed by atoms with van der Waals surface area (Å²) < 4.78 is 5.09. The Bertz CT molecular complexity index is 405. The molecule has 0 radical (unpaired) electrons. The molecule has 1 aromatic carbocycles. The molecule has 0 bridgehead atoms. The molecule has 1 fully saturated rings. The number of hydrogen-bond acceptors (Lipinski definition) is 3. The molecular weight excluding hydrogens is 228 g/mol. The lowest BCUT2D eigenvalue weighted by molar-refractivity contribution is -0.135. The van der Waals surface area contributed by atoms with Gasteiger partial charge in [-0.15, -0.1) is 0 Å². The summed E-state index contributed by atoms with van der Waals surface area (Å²) >= 11 is 0. The fourth-order valence-electron chi connectivity index (χ4n) is 2.24. The molecule has 0 aliphatic heterocycles. The van der Waals surface area contributed by atoms with Crippen LogP contribution in [0.15, 0.2) is 24.3 Å². The lowest BCUT2D eigenvalue weighted by Crippen LogP contribution is -2.50. The fraction of sp³-hybridized carbons (Fsp3) is 0.500. The molecule has 1 aliphatic rings. The van der Waals surface area contributed by atoms with Gasteiger partial charge in [-0.25, -0.2) is 0 Å². The van der Waals surface area contributed by atoms with Crippen LogP contribution in [0.1, 0.15) is 24.8 Å². The Balaban J connectivity index is 1.88. The van der Waals surface area contributed by atoms with Crippen LogP contribution in [0, 0.1) is 5.41 Å². The zero-order valence-corrected chi connectivity index (χ0v) is 10.7. The van der Waals surface area contributed by atoms with Gasteiger partial charge in [-0.2, -0.15) is 0 Å². The molecule has 1 aliphatic carbocycles. The van der Waals surface area contributed by atoms with Gasteiger partial charge in [0.25, 0.3) is 0 Å². The maximum atomic E-state index is 12.1. The van der Waals surface area contributed by atoms with Crippen LogP contribution in [0.4, 0.5) is 0 Å². The number of carbonyl (C=O) groups is 1. The van der Waals surface area contributed by atoms with Gasteiger partial charge in [0.1, 0.15) is 5.75 Å². The van der Waals surface area contributed by atoms with Crippen LogP contribution in [0.3, 0.4) is 0 Å². The Morgan fingerprint density at radius 2 is 2.06 bits per heavy atom. The largest absolute Gasteiger partial charge is 0.497 e. The summed E-state index contributed by atoms with van der Waals surface area (Å²) in [5.41, 5.74) is 6.47. The minimum Gasteiger partial charge on any atom is -0.497 e. The maximum absolute atomic E-state index is 12.1. The summed E-state index contributed by atoms with van der Waals surface area (Å²) in [5.74, 6) is 0.912. The second kappa shape index (κ2) is 5.40. The van der Waals surface area contributed by atoms with E-state index in [4.69, 9.17) is 10.5 Å². The third-order valence-corrected chi connectivity index (χ3v) is 3.80. The first-order valence-electron chi connectivity index (χ1n) is 6.31. The van der Waals surface area contributed by atoms with E-state index in [1.807, 2.05) is 24.3 Å². The van der Waals surface area contributed by atoms with Crippen LogP contribution >= 0.6 is 0 Å². The van der Waals surface area contributed by atoms with E-state index in [9.17, 15) is 4.79 Å². The smallest absolute Gasteiger partial charge is 0.227 e. The molecule has 0 unspecified atom stereocenters. The van der Waals surface area contributed by atoms with Crippen molar-refractivity contribution in [1.82, 2.24) is 5.32 Å². The Hall–Kier alpha value is -1.55. The summed E-state index contributed by atoms with van der Waals surface area (Å²) in [7, 11) is 1.64. The van der Waals surface area contributed by atoms with Crippen molar-refractivity contribution in [3.8, 4) is 5.75 Å². The predicted octanol–water partition coefficient (Wildman–Crippen LogP) is 1.44. The molecule has 0 spiro atoms. The monoisotopic (exact) mass is 248 g/mol.